The highest BCUT2D eigenvalue weighted by Crippen LogP contribution is 2.20. The van der Waals surface area contributed by atoms with Crippen LogP contribution in [-0.2, 0) is 14.3 Å². The number of aliphatic carboxylic acids is 1. The lowest BCUT2D eigenvalue weighted by molar-refractivity contribution is -0.142. The maximum Gasteiger partial charge on any atom is 0.330 e. The Labute approximate surface area is 120 Å². The zero-order valence-corrected chi connectivity index (χ0v) is 11.6. The van der Waals surface area contributed by atoms with Crippen molar-refractivity contribution in [2.45, 2.75) is 18.9 Å². The van der Waals surface area contributed by atoms with E-state index in [2.05, 4.69) is 5.32 Å². The molecule has 110 valence electrons. The third-order valence-corrected chi connectivity index (χ3v) is 2.89. The number of methoxy groups -OCH3 is 1. The second-order valence-electron chi connectivity index (χ2n) is 4.11. The highest BCUT2D eigenvalue weighted by atomic mass is 35.5. The molecule has 0 fully saturated rings. The van der Waals surface area contributed by atoms with Crippen LogP contribution in [-0.4, -0.2) is 30.7 Å². The van der Waals surface area contributed by atoms with Crippen LogP contribution in [0.5, 0.6) is 0 Å². The molecule has 0 aromatic heterocycles. The number of amides is 1. The van der Waals surface area contributed by atoms with Crippen molar-refractivity contribution in [2.24, 2.45) is 0 Å². The topological polar surface area (TPSA) is 75.6 Å². The van der Waals surface area contributed by atoms with Crippen LogP contribution >= 0.6 is 11.6 Å². The van der Waals surface area contributed by atoms with Crippen LogP contribution in [0.25, 0.3) is 0 Å². The summed E-state index contributed by atoms with van der Waals surface area (Å²) >= 11 is 5.53. The van der Waals surface area contributed by atoms with Crippen LogP contribution in [0, 0.1) is 5.82 Å². The van der Waals surface area contributed by atoms with Crippen molar-refractivity contribution in [3.8, 4) is 0 Å². The highest BCUT2D eigenvalue weighted by Gasteiger charge is 2.22. The van der Waals surface area contributed by atoms with Crippen LogP contribution in [0.4, 0.5) is 4.39 Å². The molecule has 2 N–H and O–H groups in total. The van der Waals surface area contributed by atoms with E-state index in [1.54, 1.807) is 0 Å². The van der Waals surface area contributed by atoms with Gasteiger partial charge in [-0.1, -0.05) is 17.7 Å². The molecule has 1 rings (SSSR count). The van der Waals surface area contributed by atoms with Gasteiger partial charge >= 0.3 is 5.97 Å². The third kappa shape index (κ3) is 4.79. The number of nitrogens with one attached hydrogen (secondary N) is 1. The molecule has 0 saturated carbocycles. The quantitative estimate of drug-likeness (QED) is 0.757. The van der Waals surface area contributed by atoms with E-state index in [4.69, 9.17) is 21.4 Å². The first kappa shape index (κ1) is 16.4. The molecule has 0 saturated heterocycles. The van der Waals surface area contributed by atoms with E-state index in [-0.39, 0.29) is 17.0 Å². The largest absolute Gasteiger partial charge is 0.479 e. The Balaban J connectivity index is 2.76. The predicted molar refractivity (Wildman–Crippen MR) is 71.0 cm³/mol. The number of halogens is 2. The molecule has 0 aliphatic carbocycles. The fourth-order valence-electron chi connectivity index (χ4n) is 1.59. The van der Waals surface area contributed by atoms with Crippen LogP contribution in [0.3, 0.4) is 0 Å². The Morgan fingerprint density at radius 2 is 2.20 bits per heavy atom. The Hall–Kier alpha value is -1.66. The molecule has 0 spiro atoms. The van der Waals surface area contributed by atoms with Crippen molar-refractivity contribution in [1.82, 2.24) is 5.32 Å². The summed E-state index contributed by atoms with van der Waals surface area (Å²) < 4.78 is 18.1. The van der Waals surface area contributed by atoms with Gasteiger partial charge in [0.05, 0.1) is 5.02 Å². The van der Waals surface area contributed by atoms with Crippen molar-refractivity contribution in [1.29, 1.82) is 0 Å². The molecule has 0 bridgehead atoms. The summed E-state index contributed by atoms with van der Waals surface area (Å²) in [6.45, 7) is 0.404. The molecule has 1 aromatic rings. The number of ether oxygens (including phenoxy) is 1. The maximum atomic E-state index is 13.3. The summed E-state index contributed by atoms with van der Waals surface area (Å²) in [5, 5.41) is 11.3. The van der Waals surface area contributed by atoms with E-state index in [0.717, 1.165) is 6.07 Å². The lowest BCUT2D eigenvalue weighted by Crippen LogP contribution is -2.33. The van der Waals surface area contributed by atoms with E-state index in [1.165, 1.54) is 19.2 Å². The maximum absolute atomic E-state index is 13.3. The summed E-state index contributed by atoms with van der Waals surface area (Å²) in [4.78, 5) is 22.8. The fraction of sp³-hybridized carbons (Fsp3) is 0.385. The number of carboxylic acid groups (broad SMARTS) is 1. The predicted octanol–water partition coefficient (Wildman–Crippen LogP) is 2.15. The standard InChI is InChI=1S/C13H15ClFNO4/c1-20-6-2-3-11(17)16-12(13(18)19)8-4-5-9(14)10(15)7-8/h4-5,7,12H,2-3,6H2,1H3,(H,16,17)(H,18,19). The van der Waals surface area contributed by atoms with Crippen molar-refractivity contribution in [3.63, 3.8) is 0 Å². The minimum absolute atomic E-state index is 0.107. The summed E-state index contributed by atoms with van der Waals surface area (Å²) in [5.74, 6) is -2.44. The Kier molecular flexibility index (Phi) is 6.41. The van der Waals surface area contributed by atoms with Crippen LogP contribution in [0.2, 0.25) is 5.02 Å². The van der Waals surface area contributed by atoms with Gasteiger partial charge in [-0.3, -0.25) is 4.79 Å². The number of hydrogen-bond donors (Lipinski definition) is 2. The lowest BCUT2D eigenvalue weighted by atomic mass is 10.1. The van der Waals surface area contributed by atoms with Gasteiger partial charge in [0.25, 0.3) is 0 Å². The van der Waals surface area contributed by atoms with Crippen molar-refractivity contribution in [2.75, 3.05) is 13.7 Å². The normalized spacial score (nSPS) is 11.9. The zero-order chi connectivity index (χ0) is 15.1. The first-order chi connectivity index (χ1) is 9.45. The van der Waals surface area contributed by atoms with Crippen molar-refractivity contribution in [3.05, 3.63) is 34.6 Å². The van der Waals surface area contributed by atoms with Crippen molar-refractivity contribution < 1.29 is 23.8 Å². The highest BCUT2D eigenvalue weighted by molar-refractivity contribution is 6.30. The van der Waals surface area contributed by atoms with Gasteiger partial charge in [0, 0.05) is 20.1 Å². The van der Waals surface area contributed by atoms with Crippen LogP contribution in [0.1, 0.15) is 24.4 Å². The lowest BCUT2D eigenvalue weighted by Gasteiger charge is -2.15. The fourth-order valence-corrected chi connectivity index (χ4v) is 1.71. The second-order valence-corrected chi connectivity index (χ2v) is 4.52. The molecule has 7 heteroatoms. The minimum atomic E-state index is -1.31. The van der Waals surface area contributed by atoms with E-state index >= 15 is 0 Å². The molecule has 0 aliphatic heterocycles. The Bertz CT molecular complexity index is 495. The van der Waals surface area contributed by atoms with Gasteiger partial charge in [-0.05, 0) is 24.1 Å². The van der Waals surface area contributed by atoms with E-state index in [1.807, 2.05) is 0 Å². The molecule has 1 unspecified atom stereocenters. The molecule has 0 aliphatic rings. The van der Waals surface area contributed by atoms with Crippen LogP contribution < -0.4 is 5.32 Å². The molecule has 1 atom stereocenters. The smallest absolute Gasteiger partial charge is 0.330 e. The van der Waals surface area contributed by atoms with E-state index < -0.39 is 23.7 Å². The number of hydrogen-bond acceptors (Lipinski definition) is 3. The van der Waals surface area contributed by atoms with Gasteiger partial charge in [-0.15, -0.1) is 0 Å². The number of rotatable bonds is 7. The van der Waals surface area contributed by atoms with Gasteiger partial charge in [0.2, 0.25) is 5.91 Å². The first-order valence-electron chi connectivity index (χ1n) is 5.91. The average molecular weight is 304 g/mol. The molecular formula is C13H15ClFNO4. The molecule has 20 heavy (non-hydrogen) atoms. The summed E-state index contributed by atoms with van der Waals surface area (Å²) in [6.07, 6.45) is 0.608. The van der Waals surface area contributed by atoms with Gasteiger partial charge < -0.3 is 15.2 Å². The summed E-state index contributed by atoms with van der Waals surface area (Å²) in [6, 6.07) is 2.30. The molecule has 1 aromatic carbocycles. The number of carbonyl (C=O) groups is 2. The van der Waals surface area contributed by atoms with Gasteiger partial charge in [0.15, 0.2) is 6.04 Å². The molecule has 1 amide bonds. The molecule has 5 nitrogen and oxygen atoms in total. The summed E-state index contributed by atoms with van der Waals surface area (Å²) in [7, 11) is 1.51. The van der Waals surface area contributed by atoms with E-state index in [9.17, 15) is 14.0 Å². The zero-order valence-electron chi connectivity index (χ0n) is 10.9. The minimum Gasteiger partial charge on any atom is -0.479 e. The van der Waals surface area contributed by atoms with Gasteiger partial charge in [0.1, 0.15) is 5.82 Å². The Morgan fingerprint density at radius 1 is 1.50 bits per heavy atom. The van der Waals surface area contributed by atoms with Gasteiger partial charge in [-0.25, -0.2) is 9.18 Å². The monoisotopic (exact) mass is 303 g/mol. The molecule has 0 heterocycles. The van der Waals surface area contributed by atoms with Crippen LogP contribution in [0.15, 0.2) is 18.2 Å². The summed E-state index contributed by atoms with van der Waals surface area (Å²) in [5.41, 5.74) is 0.125. The van der Waals surface area contributed by atoms with E-state index in [0.29, 0.717) is 13.0 Å². The number of carboxylic acids is 1. The Morgan fingerprint density at radius 3 is 2.75 bits per heavy atom. The molecule has 0 radical (unpaired) electrons. The third-order valence-electron chi connectivity index (χ3n) is 2.58. The first-order valence-corrected chi connectivity index (χ1v) is 6.29. The van der Waals surface area contributed by atoms with Gasteiger partial charge in [-0.2, -0.15) is 0 Å². The van der Waals surface area contributed by atoms with Crippen molar-refractivity contribution >= 4 is 23.5 Å². The SMILES string of the molecule is COCCCC(=O)NC(C(=O)O)c1ccc(Cl)c(F)c1. The number of carbonyl (C=O) groups excluding carboxylic acids is 1. The second kappa shape index (κ2) is 7.81. The molecular weight excluding hydrogens is 289 g/mol. The average Bonchev–Trinajstić information content (AvgIpc) is 2.39. The number of benzene rings is 1.